The molecule has 1 aliphatic rings. The van der Waals surface area contributed by atoms with Crippen LogP contribution in [0.4, 0.5) is 5.69 Å². The Labute approximate surface area is 184 Å². The van der Waals surface area contributed by atoms with Gasteiger partial charge in [-0.1, -0.05) is 26.7 Å². The van der Waals surface area contributed by atoms with Crippen molar-refractivity contribution >= 4 is 27.0 Å². The van der Waals surface area contributed by atoms with Crippen molar-refractivity contribution in [2.75, 3.05) is 26.3 Å². The molecule has 6 nitrogen and oxygen atoms in total. The first kappa shape index (κ1) is 23.2. The quantitative estimate of drug-likeness (QED) is 0.594. The van der Waals surface area contributed by atoms with E-state index in [4.69, 9.17) is 9.73 Å². The van der Waals surface area contributed by atoms with E-state index in [0.717, 1.165) is 22.8 Å². The highest BCUT2D eigenvalue weighted by Crippen LogP contribution is 2.22. The fraction of sp³-hybridized carbons (Fsp3) is 0.591. The Morgan fingerprint density at radius 3 is 2.40 bits per heavy atom. The van der Waals surface area contributed by atoms with Gasteiger partial charge in [-0.3, -0.25) is 0 Å². The first-order valence-corrected chi connectivity index (χ1v) is 13.0. The number of ether oxygens (including phenoxy) is 1. The van der Waals surface area contributed by atoms with E-state index in [0.29, 0.717) is 37.2 Å². The van der Waals surface area contributed by atoms with E-state index in [1.165, 1.54) is 22.8 Å². The summed E-state index contributed by atoms with van der Waals surface area (Å²) in [6, 6.07) is 7.27. The number of sulfonamides is 1. The molecule has 30 heavy (non-hydrogen) atoms. The molecular weight excluding hydrogens is 418 g/mol. The Morgan fingerprint density at radius 2 is 1.77 bits per heavy atom. The largest absolute Gasteiger partial charge is 0.379 e. The molecule has 1 fully saturated rings. The van der Waals surface area contributed by atoms with E-state index < -0.39 is 10.0 Å². The average molecular weight is 452 g/mol. The lowest BCUT2D eigenvalue weighted by atomic mass is 10.0. The van der Waals surface area contributed by atoms with Crippen LogP contribution in [-0.4, -0.2) is 43.6 Å². The average Bonchev–Trinajstić information content (AvgIpc) is 3.09. The number of hydrogen-bond acceptors (Lipinski definition) is 5. The number of aromatic nitrogens is 1. The molecular formula is C22H33N3O3S2. The summed E-state index contributed by atoms with van der Waals surface area (Å²) in [7, 11) is -3.48. The van der Waals surface area contributed by atoms with Crippen LogP contribution in [0.25, 0.3) is 0 Å². The smallest absolute Gasteiger partial charge is 0.243 e. The topological polar surface area (TPSA) is 63.9 Å². The summed E-state index contributed by atoms with van der Waals surface area (Å²) in [5, 5.41) is 2.13. The number of hydrogen-bond donors (Lipinski definition) is 0. The molecule has 1 atom stereocenters. The summed E-state index contributed by atoms with van der Waals surface area (Å²) in [6.45, 7) is 10.6. The van der Waals surface area contributed by atoms with Gasteiger partial charge < -0.3 is 9.30 Å². The molecule has 0 spiro atoms. The van der Waals surface area contributed by atoms with Crippen molar-refractivity contribution in [3.8, 4) is 0 Å². The van der Waals surface area contributed by atoms with Gasteiger partial charge in [0.2, 0.25) is 10.0 Å². The minimum atomic E-state index is -3.48. The lowest BCUT2D eigenvalue weighted by molar-refractivity contribution is 0.0730. The minimum Gasteiger partial charge on any atom is -0.379 e. The zero-order valence-corrected chi connectivity index (χ0v) is 20.0. The van der Waals surface area contributed by atoms with E-state index >= 15 is 0 Å². The third kappa shape index (κ3) is 5.60. The maximum Gasteiger partial charge on any atom is 0.243 e. The summed E-state index contributed by atoms with van der Waals surface area (Å²) in [4.78, 5) is 6.07. The first-order valence-electron chi connectivity index (χ1n) is 10.7. The van der Waals surface area contributed by atoms with Crippen molar-refractivity contribution in [3.05, 3.63) is 40.1 Å². The van der Waals surface area contributed by atoms with Gasteiger partial charge in [0.05, 0.1) is 23.8 Å². The summed E-state index contributed by atoms with van der Waals surface area (Å²) < 4.78 is 34.6. The second-order valence-electron chi connectivity index (χ2n) is 8.33. The van der Waals surface area contributed by atoms with Crippen LogP contribution in [0.1, 0.15) is 51.8 Å². The number of rotatable bonds is 8. The molecule has 1 aliphatic heterocycles. The molecule has 1 unspecified atom stereocenters. The molecule has 0 bridgehead atoms. The molecule has 0 saturated carbocycles. The van der Waals surface area contributed by atoms with Crippen molar-refractivity contribution in [1.29, 1.82) is 0 Å². The molecule has 2 aromatic rings. The molecule has 1 saturated heterocycles. The van der Waals surface area contributed by atoms with Gasteiger partial charge >= 0.3 is 0 Å². The van der Waals surface area contributed by atoms with Crippen LogP contribution < -0.4 is 4.80 Å². The van der Waals surface area contributed by atoms with Crippen LogP contribution in [0.3, 0.4) is 0 Å². The molecule has 0 aliphatic carbocycles. The second-order valence-corrected chi connectivity index (χ2v) is 11.1. The summed E-state index contributed by atoms with van der Waals surface area (Å²) in [6.07, 6.45) is 3.56. The highest BCUT2D eigenvalue weighted by molar-refractivity contribution is 7.89. The highest BCUT2D eigenvalue weighted by atomic mass is 32.2. The van der Waals surface area contributed by atoms with Crippen LogP contribution in [-0.2, 0) is 14.8 Å². The normalized spacial score (nSPS) is 17.6. The van der Waals surface area contributed by atoms with Gasteiger partial charge in [-0.25, -0.2) is 13.4 Å². The molecule has 8 heteroatoms. The van der Waals surface area contributed by atoms with Crippen LogP contribution in [0, 0.1) is 12.8 Å². The van der Waals surface area contributed by atoms with Crippen molar-refractivity contribution in [3.63, 3.8) is 0 Å². The minimum absolute atomic E-state index is 0.306. The van der Waals surface area contributed by atoms with Crippen LogP contribution >= 0.6 is 11.3 Å². The maximum absolute atomic E-state index is 12.8. The Bertz CT molecular complexity index is 985. The van der Waals surface area contributed by atoms with Gasteiger partial charge in [0, 0.05) is 30.2 Å². The van der Waals surface area contributed by atoms with E-state index in [9.17, 15) is 8.42 Å². The summed E-state index contributed by atoms with van der Waals surface area (Å²) >= 11 is 1.63. The van der Waals surface area contributed by atoms with Gasteiger partial charge in [-0.2, -0.15) is 4.31 Å². The number of benzene rings is 1. The van der Waals surface area contributed by atoms with Crippen molar-refractivity contribution < 1.29 is 13.2 Å². The SMILES string of the molecule is Cc1csc(=Nc2ccc(S(=O)(=O)N3CCOCC3)cc2)n1C(C)CCCC(C)C. The highest BCUT2D eigenvalue weighted by Gasteiger charge is 2.26. The zero-order chi connectivity index (χ0) is 21.7. The number of morpholine rings is 1. The first-order chi connectivity index (χ1) is 14.3. The fourth-order valence-corrected chi connectivity index (χ4v) is 6.10. The molecule has 0 radical (unpaired) electrons. The number of nitrogens with zero attached hydrogens (tertiary/aromatic N) is 3. The van der Waals surface area contributed by atoms with Gasteiger partial charge in [0.15, 0.2) is 4.80 Å². The number of thiazole rings is 1. The van der Waals surface area contributed by atoms with Gasteiger partial charge in [0.25, 0.3) is 0 Å². The van der Waals surface area contributed by atoms with Crippen LogP contribution in [0.5, 0.6) is 0 Å². The van der Waals surface area contributed by atoms with Gasteiger partial charge in [0.1, 0.15) is 0 Å². The number of aryl methyl sites for hydroxylation is 1. The second kappa shape index (κ2) is 10.2. The third-order valence-electron chi connectivity index (χ3n) is 5.43. The van der Waals surface area contributed by atoms with Gasteiger partial charge in [-0.05, 0) is 50.5 Å². The third-order valence-corrected chi connectivity index (χ3v) is 8.31. The van der Waals surface area contributed by atoms with Crippen molar-refractivity contribution in [2.24, 2.45) is 10.9 Å². The van der Waals surface area contributed by atoms with E-state index in [-0.39, 0.29) is 0 Å². The molecule has 2 heterocycles. The molecule has 0 N–H and O–H groups in total. The zero-order valence-electron chi connectivity index (χ0n) is 18.4. The van der Waals surface area contributed by atoms with Crippen molar-refractivity contribution in [2.45, 2.75) is 57.9 Å². The molecule has 1 aromatic heterocycles. The fourth-order valence-electron chi connectivity index (χ4n) is 3.71. The maximum atomic E-state index is 12.8. The molecule has 3 rings (SSSR count). The predicted molar refractivity (Wildman–Crippen MR) is 122 cm³/mol. The van der Waals surface area contributed by atoms with Crippen LogP contribution in [0.2, 0.25) is 0 Å². The van der Waals surface area contributed by atoms with Crippen LogP contribution in [0.15, 0.2) is 39.5 Å². The van der Waals surface area contributed by atoms with E-state index in [2.05, 4.69) is 37.6 Å². The van der Waals surface area contributed by atoms with Crippen molar-refractivity contribution in [1.82, 2.24) is 8.87 Å². The predicted octanol–water partition coefficient (Wildman–Crippen LogP) is 4.50. The van der Waals surface area contributed by atoms with E-state index in [1.54, 1.807) is 35.6 Å². The van der Waals surface area contributed by atoms with E-state index in [1.807, 2.05) is 0 Å². The molecule has 166 valence electrons. The Hall–Kier alpha value is -1.48. The summed E-state index contributed by atoms with van der Waals surface area (Å²) in [5.41, 5.74) is 1.98. The molecule has 0 amide bonds. The summed E-state index contributed by atoms with van der Waals surface area (Å²) in [5.74, 6) is 0.724. The Kier molecular flexibility index (Phi) is 7.90. The Balaban J connectivity index is 1.79. The lowest BCUT2D eigenvalue weighted by Crippen LogP contribution is -2.40. The lowest BCUT2D eigenvalue weighted by Gasteiger charge is -2.26. The Morgan fingerprint density at radius 1 is 1.10 bits per heavy atom. The standard InChI is InChI=1S/C22H33N3O3S2/c1-17(2)6-5-7-18(3)25-19(4)16-29-22(25)23-20-8-10-21(11-9-20)30(26,27)24-12-14-28-15-13-24/h8-11,16-18H,5-7,12-15H2,1-4H3. The monoisotopic (exact) mass is 451 g/mol. The van der Waals surface area contributed by atoms with Gasteiger partial charge in [-0.15, -0.1) is 11.3 Å². The molecule has 1 aromatic carbocycles.